The third kappa shape index (κ3) is 3.25. The predicted molar refractivity (Wildman–Crippen MR) is 70.6 cm³/mol. The summed E-state index contributed by atoms with van der Waals surface area (Å²) in [4.78, 5) is 27.6. The fourth-order valence-electron chi connectivity index (χ4n) is 2.66. The summed E-state index contributed by atoms with van der Waals surface area (Å²) in [6, 6.07) is 0. The van der Waals surface area contributed by atoms with Gasteiger partial charge in [-0.2, -0.15) is 0 Å². The Morgan fingerprint density at radius 3 is 2.37 bits per heavy atom. The summed E-state index contributed by atoms with van der Waals surface area (Å²) in [6.07, 6.45) is 0.924. The number of nitrogens with one attached hydrogen (secondary N) is 1. The molecule has 0 bridgehead atoms. The number of amides is 2. The number of hydrogen-bond acceptors (Lipinski definition) is 4. The maximum absolute atomic E-state index is 12.2. The van der Waals surface area contributed by atoms with Crippen molar-refractivity contribution in [1.82, 2.24) is 15.1 Å². The number of piperidine rings is 1. The largest absolute Gasteiger partial charge is 0.379 e. The molecular weight excluding hydrogens is 246 g/mol. The molecule has 0 aromatic carbocycles. The first kappa shape index (κ1) is 14.3. The zero-order valence-electron chi connectivity index (χ0n) is 11.7. The van der Waals surface area contributed by atoms with Gasteiger partial charge in [-0.1, -0.05) is 6.92 Å². The summed E-state index contributed by atoms with van der Waals surface area (Å²) in [6.45, 7) is 6.04. The van der Waals surface area contributed by atoms with Crippen molar-refractivity contribution in [3.63, 3.8) is 0 Å². The van der Waals surface area contributed by atoms with Gasteiger partial charge in [0, 0.05) is 46.4 Å². The number of carbonyl (C=O) groups is 2. The number of ether oxygens (including phenoxy) is 1. The van der Waals surface area contributed by atoms with Crippen LogP contribution in [0.25, 0.3) is 0 Å². The van der Waals surface area contributed by atoms with Crippen molar-refractivity contribution in [1.29, 1.82) is 0 Å². The van der Waals surface area contributed by atoms with Crippen molar-refractivity contribution in [2.45, 2.75) is 19.4 Å². The number of hydrogen-bond donors (Lipinski definition) is 1. The minimum absolute atomic E-state index is 0.0357. The molecule has 0 saturated carbocycles. The van der Waals surface area contributed by atoms with E-state index in [9.17, 15) is 9.59 Å². The maximum Gasteiger partial charge on any atom is 0.312 e. The second-order valence-electron chi connectivity index (χ2n) is 5.33. The van der Waals surface area contributed by atoms with Crippen LogP contribution in [0.1, 0.15) is 13.3 Å². The maximum atomic E-state index is 12.2. The molecule has 2 aliphatic heterocycles. The Kier molecular flexibility index (Phi) is 4.76. The highest BCUT2D eigenvalue weighted by molar-refractivity contribution is 6.34. The monoisotopic (exact) mass is 269 g/mol. The van der Waals surface area contributed by atoms with Crippen molar-refractivity contribution in [3.05, 3.63) is 0 Å². The van der Waals surface area contributed by atoms with E-state index >= 15 is 0 Å². The van der Waals surface area contributed by atoms with E-state index in [0.717, 1.165) is 19.5 Å². The second kappa shape index (κ2) is 6.34. The van der Waals surface area contributed by atoms with Gasteiger partial charge in [0.1, 0.15) is 0 Å². The number of rotatable bonds is 1. The molecule has 2 fully saturated rings. The summed E-state index contributed by atoms with van der Waals surface area (Å²) in [5.74, 6) is -0.315. The lowest BCUT2D eigenvalue weighted by Crippen LogP contribution is -2.55. The molecule has 2 aliphatic rings. The minimum atomic E-state index is -0.379. The van der Waals surface area contributed by atoms with E-state index in [2.05, 4.69) is 12.2 Å². The fourth-order valence-corrected chi connectivity index (χ4v) is 2.66. The van der Waals surface area contributed by atoms with Gasteiger partial charge < -0.3 is 19.9 Å². The summed E-state index contributed by atoms with van der Waals surface area (Å²) in [5, 5.41) is 3.17. The Bertz CT molecular complexity index is 342. The highest BCUT2D eigenvalue weighted by Crippen LogP contribution is 2.19. The molecule has 2 unspecified atom stereocenters. The van der Waals surface area contributed by atoms with Crippen LogP contribution in [0.2, 0.25) is 0 Å². The molecule has 0 radical (unpaired) electrons. The van der Waals surface area contributed by atoms with Gasteiger partial charge in [-0.25, -0.2) is 0 Å². The molecule has 0 aromatic heterocycles. The molecule has 2 saturated heterocycles. The molecule has 0 aliphatic carbocycles. The Hall–Kier alpha value is -1.14. The molecule has 2 atom stereocenters. The summed E-state index contributed by atoms with van der Waals surface area (Å²) in [5.41, 5.74) is 0. The average Bonchev–Trinajstić information content (AvgIpc) is 2.47. The SMILES string of the molecule is COC1CN(C(=O)C(=O)N2CCNCC2)CCC1C. The normalized spacial score (nSPS) is 28.3. The van der Waals surface area contributed by atoms with Gasteiger partial charge >= 0.3 is 11.8 Å². The molecule has 19 heavy (non-hydrogen) atoms. The van der Waals surface area contributed by atoms with Gasteiger partial charge in [0.2, 0.25) is 0 Å². The van der Waals surface area contributed by atoms with Crippen LogP contribution in [0.4, 0.5) is 0 Å². The summed E-state index contributed by atoms with van der Waals surface area (Å²) < 4.78 is 5.38. The number of methoxy groups -OCH3 is 1. The molecule has 6 heteroatoms. The van der Waals surface area contributed by atoms with Crippen LogP contribution in [0.3, 0.4) is 0 Å². The van der Waals surface area contributed by atoms with Crippen LogP contribution >= 0.6 is 0 Å². The number of likely N-dealkylation sites (tertiary alicyclic amines) is 1. The van der Waals surface area contributed by atoms with Crippen molar-refractivity contribution in [3.8, 4) is 0 Å². The van der Waals surface area contributed by atoms with Crippen LogP contribution in [0, 0.1) is 5.92 Å². The molecule has 6 nitrogen and oxygen atoms in total. The molecule has 2 rings (SSSR count). The Morgan fingerprint density at radius 1 is 1.11 bits per heavy atom. The Labute approximate surface area is 114 Å². The van der Waals surface area contributed by atoms with E-state index < -0.39 is 0 Å². The minimum Gasteiger partial charge on any atom is -0.379 e. The summed E-state index contributed by atoms with van der Waals surface area (Å²) >= 11 is 0. The van der Waals surface area contributed by atoms with Gasteiger partial charge in [-0.3, -0.25) is 9.59 Å². The highest BCUT2D eigenvalue weighted by Gasteiger charge is 2.33. The molecule has 2 amide bonds. The third-order valence-corrected chi connectivity index (χ3v) is 4.07. The topological polar surface area (TPSA) is 61.9 Å². The van der Waals surface area contributed by atoms with Crippen LogP contribution in [-0.4, -0.2) is 74.1 Å². The predicted octanol–water partition coefficient (Wildman–Crippen LogP) is -0.698. The van der Waals surface area contributed by atoms with Crippen molar-refractivity contribution in [2.75, 3.05) is 46.4 Å². The zero-order chi connectivity index (χ0) is 13.8. The van der Waals surface area contributed by atoms with Crippen LogP contribution in [0.15, 0.2) is 0 Å². The fraction of sp³-hybridized carbons (Fsp3) is 0.846. The average molecular weight is 269 g/mol. The van der Waals surface area contributed by atoms with E-state index in [4.69, 9.17) is 4.74 Å². The first-order valence-corrected chi connectivity index (χ1v) is 6.95. The third-order valence-electron chi connectivity index (χ3n) is 4.07. The molecule has 2 heterocycles. The quantitative estimate of drug-likeness (QED) is 0.640. The zero-order valence-corrected chi connectivity index (χ0v) is 11.7. The first-order chi connectivity index (χ1) is 9.13. The molecular formula is C13H23N3O3. The van der Waals surface area contributed by atoms with Crippen molar-refractivity contribution in [2.24, 2.45) is 5.92 Å². The van der Waals surface area contributed by atoms with Gasteiger partial charge in [0.05, 0.1) is 6.10 Å². The number of carbonyl (C=O) groups excluding carboxylic acids is 2. The van der Waals surface area contributed by atoms with E-state index in [1.54, 1.807) is 16.9 Å². The second-order valence-corrected chi connectivity index (χ2v) is 5.33. The van der Waals surface area contributed by atoms with Crippen molar-refractivity contribution < 1.29 is 14.3 Å². The Morgan fingerprint density at radius 2 is 1.74 bits per heavy atom. The smallest absolute Gasteiger partial charge is 0.312 e. The lowest BCUT2D eigenvalue weighted by atomic mass is 9.96. The molecule has 1 N–H and O–H groups in total. The van der Waals surface area contributed by atoms with Gasteiger partial charge in [0.15, 0.2) is 0 Å². The van der Waals surface area contributed by atoms with Gasteiger partial charge in [-0.05, 0) is 12.3 Å². The van der Waals surface area contributed by atoms with Crippen LogP contribution in [-0.2, 0) is 14.3 Å². The number of piperazine rings is 1. The van der Waals surface area contributed by atoms with E-state index in [-0.39, 0.29) is 17.9 Å². The molecule has 0 spiro atoms. The lowest BCUT2D eigenvalue weighted by molar-refractivity contribution is -0.154. The van der Waals surface area contributed by atoms with E-state index in [1.807, 2.05) is 0 Å². The molecule has 0 aromatic rings. The van der Waals surface area contributed by atoms with Gasteiger partial charge in [-0.15, -0.1) is 0 Å². The van der Waals surface area contributed by atoms with E-state index in [1.165, 1.54) is 0 Å². The lowest BCUT2D eigenvalue weighted by Gasteiger charge is -2.37. The summed E-state index contributed by atoms with van der Waals surface area (Å²) in [7, 11) is 1.66. The van der Waals surface area contributed by atoms with Crippen molar-refractivity contribution >= 4 is 11.8 Å². The van der Waals surface area contributed by atoms with Crippen LogP contribution < -0.4 is 5.32 Å². The highest BCUT2D eigenvalue weighted by atomic mass is 16.5. The molecule has 108 valence electrons. The first-order valence-electron chi connectivity index (χ1n) is 6.95. The Balaban J connectivity index is 1.93. The van der Waals surface area contributed by atoms with Gasteiger partial charge in [0.25, 0.3) is 0 Å². The standard InChI is InChI=1S/C13H23N3O3/c1-10-3-6-16(9-11(10)19-2)13(18)12(17)15-7-4-14-5-8-15/h10-11,14H,3-9H2,1-2H3. The number of nitrogens with zero attached hydrogens (tertiary/aromatic N) is 2. The van der Waals surface area contributed by atoms with Crippen LogP contribution in [0.5, 0.6) is 0 Å². The van der Waals surface area contributed by atoms with E-state index in [0.29, 0.717) is 32.1 Å².